The van der Waals surface area contributed by atoms with E-state index in [-0.39, 0.29) is 5.91 Å². The molecule has 1 saturated carbocycles. The molecule has 1 amide bonds. The molecule has 1 aliphatic heterocycles. The second-order valence-electron chi connectivity index (χ2n) is 7.97. The van der Waals surface area contributed by atoms with Crippen molar-refractivity contribution in [2.24, 2.45) is 0 Å². The summed E-state index contributed by atoms with van der Waals surface area (Å²) in [5.41, 5.74) is 5.55. The Morgan fingerprint density at radius 1 is 1.21 bits per heavy atom. The van der Waals surface area contributed by atoms with Gasteiger partial charge in [-0.1, -0.05) is 12.8 Å². The van der Waals surface area contributed by atoms with Crippen molar-refractivity contribution in [3.63, 3.8) is 0 Å². The van der Waals surface area contributed by atoms with Gasteiger partial charge in [0.2, 0.25) is 0 Å². The van der Waals surface area contributed by atoms with E-state index in [1.807, 2.05) is 19.3 Å². The minimum absolute atomic E-state index is 0.0560. The Hall–Kier alpha value is -3.27. The van der Waals surface area contributed by atoms with Crippen LogP contribution < -0.4 is 0 Å². The van der Waals surface area contributed by atoms with Gasteiger partial charge < -0.3 is 9.47 Å². The summed E-state index contributed by atoms with van der Waals surface area (Å²) in [7, 11) is 0. The highest BCUT2D eigenvalue weighted by molar-refractivity contribution is 5.96. The zero-order valence-corrected chi connectivity index (χ0v) is 16.4. The number of fused-ring (bicyclic) bond motifs is 2. The van der Waals surface area contributed by atoms with Gasteiger partial charge in [0.25, 0.3) is 5.91 Å². The highest BCUT2D eigenvalue weighted by atomic mass is 16.2. The highest BCUT2D eigenvalue weighted by Gasteiger charge is 2.26. The van der Waals surface area contributed by atoms with Gasteiger partial charge in [-0.3, -0.25) is 9.78 Å². The van der Waals surface area contributed by atoms with E-state index in [2.05, 4.69) is 25.6 Å². The fourth-order valence-corrected chi connectivity index (χ4v) is 4.64. The number of imidazole rings is 1. The van der Waals surface area contributed by atoms with Gasteiger partial charge >= 0.3 is 0 Å². The fraction of sp³-hybridized carbons (Fsp3) is 0.409. The SMILES string of the molecule is Cc1ncc2c(c1C#N)CCN(C(=O)c1cnc3c(c1)ncn3C1CCCC1)C2. The summed E-state index contributed by atoms with van der Waals surface area (Å²) in [4.78, 5) is 28.3. The zero-order chi connectivity index (χ0) is 20.0. The van der Waals surface area contributed by atoms with Gasteiger partial charge in [-0.25, -0.2) is 9.97 Å². The maximum Gasteiger partial charge on any atom is 0.255 e. The molecule has 0 aromatic carbocycles. The Bertz CT molecular complexity index is 1150. The van der Waals surface area contributed by atoms with Gasteiger partial charge in [0.05, 0.1) is 23.1 Å². The van der Waals surface area contributed by atoms with Gasteiger partial charge in [-0.05, 0) is 43.4 Å². The lowest BCUT2D eigenvalue weighted by Gasteiger charge is -2.29. The van der Waals surface area contributed by atoms with Crippen LogP contribution in [0.1, 0.15) is 64.5 Å². The number of aromatic nitrogens is 4. The summed E-state index contributed by atoms with van der Waals surface area (Å²) in [6.45, 7) is 2.89. The van der Waals surface area contributed by atoms with Crippen LogP contribution in [0.3, 0.4) is 0 Å². The Kier molecular flexibility index (Phi) is 4.27. The van der Waals surface area contributed by atoms with E-state index in [0.717, 1.165) is 28.0 Å². The lowest BCUT2D eigenvalue weighted by atomic mass is 9.95. The second kappa shape index (κ2) is 6.96. The van der Waals surface area contributed by atoms with E-state index in [1.54, 1.807) is 17.3 Å². The average Bonchev–Trinajstić information content (AvgIpc) is 3.42. The van der Waals surface area contributed by atoms with Gasteiger partial charge in [0.1, 0.15) is 11.6 Å². The molecule has 7 nitrogen and oxygen atoms in total. The first-order valence-electron chi connectivity index (χ1n) is 10.1. The zero-order valence-electron chi connectivity index (χ0n) is 16.4. The number of pyridine rings is 2. The molecule has 0 N–H and O–H groups in total. The maximum atomic E-state index is 13.1. The van der Waals surface area contributed by atoms with Gasteiger partial charge in [-0.2, -0.15) is 5.26 Å². The van der Waals surface area contributed by atoms with Crippen molar-refractivity contribution in [3.05, 3.63) is 52.7 Å². The van der Waals surface area contributed by atoms with E-state index in [0.29, 0.717) is 36.7 Å². The van der Waals surface area contributed by atoms with E-state index >= 15 is 0 Å². The number of nitrogens with zero attached hydrogens (tertiary/aromatic N) is 6. The largest absolute Gasteiger partial charge is 0.334 e. The van der Waals surface area contributed by atoms with Crippen molar-refractivity contribution in [1.29, 1.82) is 5.26 Å². The average molecular weight is 386 g/mol. The van der Waals surface area contributed by atoms with Crippen molar-refractivity contribution in [2.75, 3.05) is 6.54 Å². The number of carbonyl (C=O) groups excluding carboxylic acids is 1. The summed E-state index contributed by atoms with van der Waals surface area (Å²) in [6, 6.07) is 4.58. The molecule has 7 heteroatoms. The Balaban J connectivity index is 1.41. The summed E-state index contributed by atoms with van der Waals surface area (Å²) < 4.78 is 2.16. The lowest BCUT2D eigenvalue weighted by Crippen LogP contribution is -2.36. The molecule has 3 aromatic heterocycles. The monoisotopic (exact) mass is 386 g/mol. The lowest BCUT2D eigenvalue weighted by molar-refractivity contribution is 0.0734. The number of carbonyl (C=O) groups is 1. The van der Waals surface area contributed by atoms with Crippen LogP contribution in [-0.2, 0) is 13.0 Å². The van der Waals surface area contributed by atoms with Crippen LogP contribution in [-0.4, -0.2) is 36.9 Å². The van der Waals surface area contributed by atoms with Crippen molar-refractivity contribution in [1.82, 2.24) is 24.4 Å². The molecule has 0 spiro atoms. The molecule has 146 valence electrons. The third-order valence-electron chi connectivity index (χ3n) is 6.24. The number of hydrogen-bond donors (Lipinski definition) is 0. The quantitative estimate of drug-likeness (QED) is 0.674. The van der Waals surface area contributed by atoms with Crippen molar-refractivity contribution in [3.8, 4) is 6.07 Å². The third kappa shape index (κ3) is 2.96. The maximum absolute atomic E-state index is 13.1. The molecule has 3 aromatic rings. The number of nitriles is 1. The molecule has 5 rings (SSSR count). The molecule has 1 fully saturated rings. The predicted octanol–water partition coefficient (Wildman–Crippen LogP) is 3.32. The molecule has 0 atom stereocenters. The van der Waals surface area contributed by atoms with Crippen molar-refractivity contribution in [2.45, 2.75) is 51.6 Å². The minimum Gasteiger partial charge on any atom is -0.334 e. The summed E-state index contributed by atoms with van der Waals surface area (Å²) >= 11 is 0. The topological polar surface area (TPSA) is 87.7 Å². The van der Waals surface area contributed by atoms with Gasteiger partial charge in [0, 0.05) is 31.5 Å². The molecular weight excluding hydrogens is 364 g/mol. The van der Waals surface area contributed by atoms with Crippen LogP contribution in [0.15, 0.2) is 24.8 Å². The van der Waals surface area contributed by atoms with Crippen LogP contribution in [0.2, 0.25) is 0 Å². The number of aryl methyl sites for hydroxylation is 1. The third-order valence-corrected chi connectivity index (χ3v) is 6.24. The second-order valence-corrected chi connectivity index (χ2v) is 7.97. The summed E-state index contributed by atoms with van der Waals surface area (Å²) in [5, 5.41) is 9.42. The Morgan fingerprint density at radius 2 is 2.03 bits per heavy atom. The first kappa shape index (κ1) is 17.8. The first-order valence-corrected chi connectivity index (χ1v) is 10.1. The van der Waals surface area contributed by atoms with E-state index in [1.165, 1.54) is 25.7 Å². The Labute approximate surface area is 169 Å². The first-order chi connectivity index (χ1) is 14.2. The minimum atomic E-state index is -0.0560. The number of hydrogen-bond acceptors (Lipinski definition) is 5. The Morgan fingerprint density at radius 3 is 2.83 bits per heavy atom. The van der Waals surface area contributed by atoms with Crippen LogP contribution in [0, 0.1) is 18.3 Å². The molecule has 0 bridgehead atoms. The molecule has 0 radical (unpaired) electrons. The van der Waals surface area contributed by atoms with Crippen molar-refractivity contribution >= 4 is 17.1 Å². The van der Waals surface area contributed by atoms with Gasteiger partial charge in [0.15, 0.2) is 5.65 Å². The smallest absolute Gasteiger partial charge is 0.255 e. The molecule has 2 aliphatic rings. The molecule has 4 heterocycles. The normalized spacial score (nSPS) is 16.8. The molecule has 0 saturated heterocycles. The molecule has 1 aliphatic carbocycles. The fourth-order valence-electron chi connectivity index (χ4n) is 4.64. The van der Waals surface area contributed by atoms with Crippen LogP contribution in [0.25, 0.3) is 11.2 Å². The van der Waals surface area contributed by atoms with Crippen LogP contribution in [0.4, 0.5) is 0 Å². The molecular formula is C22H22N6O. The van der Waals surface area contributed by atoms with Crippen molar-refractivity contribution < 1.29 is 4.79 Å². The van der Waals surface area contributed by atoms with E-state index in [9.17, 15) is 10.1 Å². The van der Waals surface area contributed by atoms with E-state index in [4.69, 9.17) is 0 Å². The molecule has 29 heavy (non-hydrogen) atoms. The standard InChI is InChI=1S/C22H22N6O/c1-14-19(9-23)18-6-7-27(12-16(18)11-24-14)22(29)15-8-20-21(25-10-15)28(13-26-20)17-4-2-3-5-17/h8,10-11,13,17H,2-7,12H2,1H3. The number of amides is 1. The molecule has 0 unspecified atom stereocenters. The summed E-state index contributed by atoms with van der Waals surface area (Å²) in [5.74, 6) is -0.0560. The van der Waals surface area contributed by atoms with Gasteiger partial charge in [-0.15, -0.1) is 0 Å². The summed E-state index contributed by atoms with van der Waals surface area (Å²) in [6.07, 6.45) is 10.8. The van der Waals surface area contributed by atoms with Crippen LogP contribution in [0.5, 0.6) is 0 Å². The van der Waals surface area contributed by atoms with E-state index < -0.39 is 0 Å². The number of rotatable bonds is 2. The van der Waals surface area contributed by atoms with Crippen LogP contribution >= 0.6 is 0 Å². The highest BCUT2D eigenvalue weighted by Crippen LogP contribution is 2.31. The predicted molar refractivity (Wildman–Crippen MR) is 107 cm³/mol.